The smallest absolute Gasteiger partial charge is 0.224 e. The number of hydrogen-bond acceptors (Lipinski definition) is 4. The van der Waals surface area contributed by atoms with Gasteiger partial charge in [0.1, 0.15) is 5.75 Å². The first-order chi connectivity index (χ1) is 12.7. The van der Waals surface area contributed by atoms with Crippen LogP contribution in [0, 0.1) is 5.92 Å². The van der Waals surface area contributed by atoms with E-state index in [1.807, 2.05) is 31.2 Å². The van der Waals surface area contributed by atoms with Gasteiger partial charge >= 0.3 is 0 Å². The Morgan fingerprint density at radius 1 is 1.15 bits per heavy atom. The molecule has 1 aromatic rings. The second-order valence-corrected chi connectivity index (χ2v) is 8.61. The molecule has 2 fully saturated rings. The fourth-order valence-electron chi connectivity index (χ4n) is 3.95. The Morgan fingerprint density at radius 3 is 2.50 bits per heavy atom. The molecule has 0 bridgehead atoms. The molecule has 5 heteroatoms. The van der Waals surface area contributed by atoms with Crippen molar-refractivity contribution in [3.63, 3.8) is 0 Å². The molecule has 0 spiro atoms. The number of nitrogens with zero attached hydrogens (tertiary/aromatic N) is 1. The molecule has 2 aliphatic rings. The first-order valence-corrected chi connectivity index (χ1v) is 11.2. The molecule has 1 N–H and O–H groups in total. The van der Waals surface area contributed by atoms with E-state index in [1.165, 1.54) is 50.3 Å². The minimum absolute atomic E-state index is 0.126. The van der Waals surface area contributed by atoms with Gasteiger partial charge in [0.25, 0.3) is 0 Å². The summed E-state index contributed by atoms with van der Waals surface area (Å²) in [6.45, 7) is 5.87. The summed E-state index contributed by atoms with van der Waals surface area (Å²) in [5, 5.41) is 3.14. The largest absolute Gasteiger partial charge is 0.494 e. The molecule has 1 amide bonds. The van der Waals surface area contributed by atoms with Gasteiger partial charge in [0.15, 0.2) is 0 Å². The summed E-state index contributed by atoms with van der Waals surface area (Å²) in [6.07, 6.45) is 5.59. The zero-order valence-electron chi connectivity index (χ0n) is 15.9. The van der Waals surface area contributed by atoms with E-state index in [1.54, 1.807) is 0 Å². The highest BCUT2D eigenvalue weighted by molar-refractivity contribution is 7.99. The SMILES string of the molecule is CCOc1ccc(CC(=O)NCC2CCN(C3CCSCC3)CC2)cc1. The highest BCUT2D eigenvalue weighted by atomic mass is 32.2. The van der Waals surface area contributed by atoms with Gasteiger partial charge in [0, 0.05) is 12.6 Å². The predicted molar refractivity (Wildman–Crippen MR) is 109 cm³/mol. The lowest BCUT2D eigenvalue weighted by Gasteiger charge is -2.39. The fraction of sp³-hybridized carbons (Fsp3) is 0.667. The van der Waals surface area contributed by atoms with Crippen molar-refractivity contribution < 1.29 is 9.53 Å². The van der Waals surface area contributed by atoms with Crippen molar-refractivity contribution in [3.8, 4) is 5.75 Å². The van der Waals surface area contributed by atoms with Gasteiger partial charge < -0.3 is 15.0 Å². The fourth-order valence-corrected chi connectivity index (χ4v) is 5.03. The number of nitrogens with one attached hydrogen (secondary N) is 1. The van der Waals surface area contributed by atoms with Gasteiger partial charge in [-0.1, -0.05) is 12.1 Å². The van der Waals surface area contributed by atoms with Crippen molar-refractivity contribution in [2.75, 3.05) is 37.7 Å². The van der Waals surface area contributed by atoms with E-state index in [-0.39, 0.29) is 5.91 Å². The number of ether oxygens (including phenoxy) is 1. The highest BCUT2D eigenvalue weighted by Crippen LogP contribution is 2.26. The van der Waals surface area contributed by atoms with E-state index in [0.717, 1.165) is 23.9 Å². The molecule has 0 saturated carbocycles. The maximum absolute atomic E-state index is 12.2. The van der Waals surface area contributed by atoms with Crippen molar-refractivity contribution >= 4 is 17.7 Å². The van der Waals surface area contributed by atoms with Gasteiger partial charge in [0.05, 0.1) is 13.0 Å². The van der Waals surface area contributed by atoms with Gasteiger partial charge in [-0.2, -0.15) is 11.8 Å². The summed E-state index contributed by atoms with van der Waals surface area (Å²) in [4.78, 5) is 14.9. The second kappa shape index (κ2) is 10.2. The topological polar surface area (TPSA) is 41.6 Å². The quantitative estimate of drug-likeness (QED) is 0.792. The highest BCUT2D eigenvalue weighted by Gasteiger charge is 2.26. The summed E-state index contributed by atoms with van der Waals surface area (Å²) >= 11 is 2.10. The lowest BCUT2D eigenvalue weighted by molar-refractivity contribution is -0.120. The van der Waals surface area contributed by atoms with Crippen LogP contribution in [-0.2, 0) is 11.2 Å². The van der Waals surface area contributed by atoms with E-state index in [4.69, 9.17) is 4.74 Å². The Labute approximate surface area is 162 Å². The molecule has 0 aromatic heterocycles. The number of amides is 1. The van der Waals surface area contributed by atoms with Gasteiger partial charge in [0.2, 0.25) is 5.91 Å². The van der Waals surface area contributed by atoms with Crippen LogP contribution in [0.1, 0.15) is 38.2 Å². The summed E-state index contributed by atoms with van der Waals surface area (Å²) in [5.74, 6) is 4.27. The maximum Gasteiger partial charge on any atom is 0.224 e. The van der Waals surface area contributed by atoms with Crippen LogP contribution in [-0.4, -0.2) is 54.6 Å². The molecule has 0 unspecified atom stereocenters. The Balaban J connectivity index is 1.34. The lowest BCUT2D eigenvalue weighted by Crippen LogP contribution is -2.45. The standard InChI is InChI=1S/C21H32N2O2S/c1-2-25-20-5-3-17(4-6-20)15-21(24)22-16-18-7-11-23(12-8-18)19-9-13-26-14-10-19/h3-6,18-19H,2,7-16H2,1H3,(H,22,24). The van der Waals surface area contributed by atoms with Crippen molar-refractivity contribution in [2.45, 2.75) is 45.1 Å². The molecule has 0 aliphatic carbocycles. The predicted octanol–water partition coefficient (Wildman–Crippen LogP) is 3.35. The van der Waals surface area contributed by atoms with Crippen LogP contribution in [0.4, 0.5) is 0 Å². The number of benzene rings is 1. The first kappa shape index (κ1) is 19.6. The lowest BCUT2D eigenvalue weighted by atomic mass is 9.94. The molecule has 1 aromatic carbocycles. The number of thioether (sulfide) groups is 1. The maximum atomic E-state index is 12.2. The third-order valence-corrected chi connectivity index (χ3v) is 6.59. The van der Waals surface area contributed by atoms with Crippen molar-refractivity contribution in [1.82, 2.24) is 10.2 Å². The molecule has 0 radical (unpaired) electrons. The third kappa shape index (κ3) is 5.92. The molecule has 3 rings (SSSR count). The summed E-state index contributed by atoms with van der Waals surface area (Å²) < 4.78 is 5.44. The van der Waals surface area contributed by atoms with Crippen LogP contribution in [0.5, 0.6) is 5.75 Å². The average Bonchev–Trinajstić information content (AvgIpc) is 2.69. The van der Waals surface area contributed by atoms with Gasteiger partial charge in [-0.15, -0.1) is 0 Å². The monoisotopic (exact) mass is 376 g/mol. The summed E-state index contributed by atoms with van der Waals surface area (Å²) in [5.41, 5.74) is 1.04. The second-order valence-electron chi connectivity index (χ2n) is 7.38. The van der Waals surface area contributed by atoms with Crippen molar-refractivity contribution in [2.24, 2.45) is 5.92 Å². The Kier molecular flexibility index (Phi) is 7.69. The molecular formula is C21H32N2O2S. The Morgan fingerprint density at radius 2 is 1.85 bits per heavy atom. The van der Waals surface area contributed by atoms with Crippen molar-refractivity contribution in [3.05, 3.63) is 29.8 Å². The normalized spacial score (nSPS) is 20.0. The number of carbonyl (C=O) groups excluding carboxylic acids is 1. The number of carbonyl (C=O) groups is 1. The summed E-state index contributed by atoms with van der Waals surface area (Å²) in [6, 6.07) is 8.64. The number of rotatable bonds is 7. The van der Waals surface area contributed by atoms with Crippen LogP contribution in [0.3, 0.4) is 0 Å². The van der Waals surface area contributed by atoms with Crippen molar-refractivity contribution in [1.29, 1.82) is 0 Å². The van der Waals surface area contributed by atoms with Crippen LogP contribution < -0.4 is 10.1 Å². The zero-order valence-corrected chi connectivity index (χ0v) is 16.7. The number of hydrogen-bond donors (Lipinski definition) is 1. The Bertz CT molecular complexity index is 550. The van der Waals surface area contributed by atoms with Gasteiger partial charge in [-0.25, -0.2) is 0 Å². The summed E-state index contributed by atoms with van der Waals surface area (Å²) in [7, 11) is 0. The van der Waals surface area contributed by atoms with Gasteiger partial charge in [-0.05, 0) is 80.8 Å². The third-order valence-electron chi connectivity index (χ3n) is 5.54. The Hall–Kier alpha value is -1.20. The van der Waals surface area contributed by atoms with Crippen LogP contribution in [0.2, 0.25) is 0 Å². The number of likely N-dealkylation sites (tertiary alicyclic amines) is 1. The van der Waals surface area contributed by atoms with Crippen LogP contribution >= 0.6 is 11.8 Å². The molecule has 0 atom stereocenters. The van der Waals surface area contributed by atoms with E-state index < -0.39 is 0 Å². The molecule has 4 nitrogen and oxygen atoms in total. The van der Waals surface area contributed by atoms with Crippen LogP contribution in [0.15, 0.2) is 24.3 Å². The molecule has 144 valence electrons. The minimum Gasteiger partial charge on any atom is -0.494 e. The first-order valence-electron chi connectivity index (χ1n) is 10.0. The van der Waals surface area contributed by atoms with E-state index in [0.29, 0.717) is 18.9 Å². The minimum atomic E-state index is 0.126. The average molecular weight is 377 g/mol. The van der Waals surface area contributed by atoms with Gasteiger partial charge in [-0.3, -0.25) is 4.79 Å². The van der Waals surface area contributed by atoms with E-state index in [2.05, 4.69) is 22.0 Å². The molecule has 26 heavy (non-hydrogen) atoms. The van der Waals surface area contributed by atoms with Crippen LogP contribution in [0.25, 0.3) is 0 Å². The molecular weight excluding hydrogens is 344 g/mol. The van der Waals surface area contributed by atoms with E-state index >= 15 is 0 Å². The van der Waals surface area contributed by atoms with E-state index in [9.17, 15) is 4.79 Å². The zero-order chi connectivity index (χ0) is 18.2. The molecule has 2 heterocycles. The molecule has 2 aliphatic heterocycles. The number of piperidine rings is 1. The molecule has 2 saturated heterocycles.